The molecule has 3 aromatic rings. The van der Waals surface area contributed by atoms with Gasteiger partial charge in [-0.15, -0.1) is 0 Å². The number of carbonyl (C=O) groups is 1. The Hall–Kier alpha value is -3.46. The van der Waals surface area contributed by atoms with Gasteiger partial charge >= 0.3 is 6.03 Å². The lowest BCUT2D eigenvalue weighted by molar-refractivity contribution is 0.163. The molecule has 3 N–H and O–H groups in total. The molecule has 1 aromatic carbocycles. The van der Waals surface area contributed by atoms with Crippen molar-refractivity contribution < 1.29 is 4.79 Å². The minimum absolute atomic E-state index is 0.121. The number of likely N-dealkylation sites (tertiary alicyclic amines) is 1. The molecular formula is C23H28N8O. The number of anilines is 1. The summed E-state index contributed by atoms with van der Waals surface area (Å²) in [5.74, 6) is 0.946. The summed E-state index contributed by atoms with van der Waals surface area (Å²) in [5, 5.41) is 0. The number of H-pyrrole nitrogens is 1. The topological polar surface area (TPSA) is 107 Å². The third kappa shape index (κ3) is 3.80. The van der Waals surface area contributed by atoms with E-state index in [0.717, 1.165) is 48.2 Å². The number of nitrogens with zero attached hydrogens (tertiary/aromatic N) is 6. The highest BCUT2D eigenvalue weighted by Gasteiger charge is 2.31. The average Bonchev–Trinajstić information content (AvgIpc) is 3.47. The third-order valence-corrected chi connectivity index (χ3v) is 6.39. The van der Waals surface area contributed by atoms with E-state index >= 15 is 0 Å². The molecule has 2 aliphatic rings. The number of hydrogen-bond acceptors (Lipinski definition) is 6. The van der Waals surface area contributed by atoms with Gasteiger partial charge in [0.2, 0.25) is 0 Å². The maximum absolute atomic E-state index is 12.9. The zero-order chi connectivity index (χ0) is 22.2. The summed E-state index contributed by atoms with van der Waals surface area (Å²) in [6.07, 6.45) is 5.53. The summed E-state index contributed by atoms with van der Waals surface area (Å²) < 4.78 is 0. The second-order valence-electron chi connectivity index (χ2n) is 8.65. The van der Waals surface area contributed by atoms with E-state index in [0.29, 0.717) is 36.5 Å². The van der Waals surface area contributed by atoms with Crippen molar-refractivity contribution in [1.82, 2.24) is 34.6 Å². The van der Waals surface area contributed by atoms with Crippen LogP contribution in [-0.4, -0.2) is 87.0 Å². The number of nitrogen functional groups attached to an aromatic ring is 1. The van der Waals surface area contributed by atoms with E-state index in [1.165, 1.54) is 0 Å². The fourth-order valence-corrected chi connectivity index (χ4v) is 4.40. The van der Waals surface area contributed by atoms with Crippen molar-refractivity contribution in [1.29, 1.82) is 0 Å². The van der Waals surface area contributed by atoms with Gasteiger partial charge < -0.3 is 25.4 Å². The number of aromatic amines is 1. The number of hydrogen-bond donors (Lipinski definition) is 2. The monoisotopic (exact) mass is 432 g/mol. The van der Waals surface area contributed by atoms with Crippen molar-refractivity contribution >= 4 is 28.5 Å². The van der Waals surface area contributed by atoms with E-state index in [1.54, 1.807) is 6.20 Å². The molecule has 0 radical (unpaired) electrons. The zero-order valence-corrected chi connectivity index (χ0v) is 18.5. The lowest BCUT2D eigenvalue weighted by Crippen LogP contribution is -2.45. The Balaban J connectivity index is 1.32. The molecule has 1 fully saturated rings. The van der Waals surface area contributed by atoms with Crippen LogP contribution in [0.15, 0.2) is 36.5 Å². The van der Waals surface area contributed by atoms with Crippen LogP contribution >= 0.6 is 0 Å². The molecule has 2 aliphatic heterocycles. The number of nitrogens with one attached hydrogen (secondary N) is 1. The maximum atomic E-state index is 12.9. The third-order valence-electron chi connectivity index (χ3n) is 6.39. The van der Waals surface area contributed by atoms with Crippen molar-refractivity contribution in [3.8, 4) is 11.5 Å². The number of para-hydroxylation sites is 2. The number of urea groups is 1. The summed E-state index contributed by atoms with van der Waals surface area (Å²) in [5.41, 5.74) is 10.3. The van der Waals surface area contributed by atoms with Crippen molar-refractivity contribution in [2.45, 2.75) is 18.9 Å². The Bertz CT molecular complexity index is 1150. The van der Waals surface area contributed by atoms with Crippen LogP contribution in [0.1, 0.15) is 18.5 Å². The number of imidazole rings is 1. The zero-order valence-electron chi connectivity index (χ0n) is 18.5. The molecule has 2 amide bonds. The number of nitrogens with two attached hydrogens (primary N) is 1. The van der Waals surface area contributed by atoms with Gasteiger partial charge in [0, 0.05) is 32.2 Å². The minimum atomic E-state index is 0.121. The van der Waals surface area contributed by atoms with Gasteiger partial charge in [0.15, 0.2) is 11.6 Å². The first-order valence-electron chi connectivity index (χ1n) is 11.0. The summed E-state index contributed by atoms with van der Waals surface area (Å²) in [7, 11) is 4.14. The molecule has 9 nitrogen and oxygen atoms in total. The van der Waals surface area contributed by atoms with Gasteiger partial charge in [-0.1, -0.05) is 18.2 Å². The first-order chi connectivity index (χ1) is 15.5. The minimum Gasteiger partial charge on any atom is -0.382 e. The Morgan fingerprint density at radius 3 is 2.75 bits per heavy atom. The molecule has 1 saturated heterocycles. The fraction of sp³-hybridized carbons (Fsp3) is 0.391. The fourth-order valence-electron chi connectivity index (χ4n) is 4.40. The highest BCUT2D eigenvalue weighted by Crippen LogP contribution is 2.27. The Kier molecular flexibility index (Phi) is 5.26. The summed E-state index contributed by atoms with van der Waals surface area (Å²) in [6, 6.07) is 8.38. The number of likely N-dealkylation sites (N-methyl/N-ethyl adjacent to an activating group) is 1. The van der Waals surface area contributed by atoms with Crippen LogP contribution in [0.2, 0.25) is 0 Å². The van der Waals surface area contributed by atoms with E-state index in [2.05, 4.69) is 40.0 Å². The highest BCUT2D eigenvalue weighted by molar-refractivity contribution is 5.81. The molecule has 0 saturated carbocycles. The van der Waals surface area contributed by atoms with Gasteiger partial charge in [0.1, 0.15) is 5.69 Å². The lowest BCUT2D eigenvalue weighted by atomic mass is 10.1. The smallest absolute Gasteiger partial charge is 0.320 e. The van der Waals surface area contributed by atoms with Crippen molar-refractivity contribution in [3.63, 3.8) is 0 Å². The maximum Gasteiger partial charge on any atom is 0.320 e. The summed E-state index contributed by atoms with van der Waals surface area (Å²) in [4.78, 5) is 36.0. The molecule has 0 bridgehead atoms. The average molecular weight is 433 g/mol. The number of carbonyl (C=O) groups excluding carboxylic acids is 1. The Morgan fingerprint density at radius 1 is 1.19 bits per heavy atom. The first-order valence-corrected chi connectivity index (χ1v) is 11.0. The molecule has 9 heteroatoms. The van der Waals surface area contributed by atoms with Gasteiger partial charge in [-0.05, 0) is 44.6 Å². The van der Waals surface area contributed by atoms with Crippen LogP contribution in [0.5, 0.6) is 0 Å². The largest absolute Gasteiger partial charge is 0.382 e. The molecule has 5 rings (SSSR count). The van der Waals surface area contributed by atoms with Crippen LogP contribution in [0, 0.1) is 0 Å². The van der Waals surface area contributed by atoms with Crippen LogP contribution in [0.4, 0.5) is 10.6 Å². The van der Waals surface area contributed by atoms with E-state index in [9.17, 15) is 4.79 Å². The summed E-state index contributed by atoms with van der Waals surface area (Å²) in [6.45, 7) is 2.85. The van der Waals surface area contributed by atoms with Crippen molar-refractivity contribution in [2.24, 2.45) is 0 Å². The van der Waals surface area contributed by atoms with E-state index in [-0.39, 0.29) is 6.03 Å². The molecular weight excluding hydrogens is 404 g/mol. The second-order valence-corrected chi connectivity index (χ2v) is 8.65. The molecule has 0 aliphatic carbocycles. The number of benzene rings is 1. The van der Waals surface area contributed by atoms with E-state index < -0.39 is 0 Å². The van der Waals surface area contributed by atoms with Crippen LogP contribution < -0.4 is 5.73 Å². The van der Waals surface area contributed by atoms with E-state index in [4.69, 9.17) is 10.7 Å². The SMILES string of the molecule is CN(C)C1CCN(C(=O)N2CC=C(c3cnc(N)c(-c4nc5ccccc5[nH]4)n3)CC2)C1. The van der Waals surface area contributed by atoms with Gasteiger partial charge in [0.25, 0.3) is 0 Å². The second kappa shape index (κ2) is 8.23. The van der Waals surface area contributed by atoms with Gasteiger partial charge in [0.05, 0.1) is 22.9 Å². The van der Waals surface area contributed by atoms with Gasteiger partial charge in [-0.2, -0.15) is 0 Å². The number of fused-ring (bicyclic) bond motifs is 1. The van der Waals surface area contributed by atoms with Crippen molar-refractivity contribution in [3.05, 3.63) is 42.2 Å². The molecule has 166 valence electrons. The molecule has 1 unspecified atom stereocenters. The molecule has 1 atom stereocenters. The van der Waals surface area contributed by atoms with Crippen molar-refractivity contribution in [2.75, 3.05) is 46.0 Å². The standard InChI is InChI=1S/C23H28N8O/c1-29(2)16-9-12-31(14-16)23(32)30-10-7-15(8-11-30)19-13-25-21(24)20(26-19)22-27-17-5-3-4-6-18(17)28-22/h3-7,13,16H,8-12,14H2,1-2H3,(H2,24,25)(H,27,28). The molecule has 4 heterocycles. The quantitative estimate of drug-likeness (QED) is 0.658. The number of rotatable bonds is 3. The van der Waals surface area contributed by atoms with Gasteiger partial charge in [-0.25, -0.2) is 19.7 Å². The van der Waals surface area contributed by atoms with Crippen LogP contribution in [0.3, 0.4) is 0 Å². The normalized spacial score (nSPS) is 19.1. The molecule has 32 heavy (non-hydrogen) atoms. The predicted molar refractivity (Wildman–Crippen MR) is 125 cm³/mol. The van der Waals surface area contributed by atoms with Crippen LogP contribution in [0.25, 0.3) is 28.1 Å². The van der Waals surface area contributed by atoms with Gasteiger partial charge in [-0.3, -0.25) is 0 Å². The van der Waals surface area contributed by atoms with E-state index in [1.807, 2.05) is 34.1 Å². The predicted octanol–water partition coefficient (Wildman–Crippen LogP) is 2.45. The summed E-state index contributed by atoms with van der Waals surface area (Å²) >= 11 is 0. The molecule has 0 spiro atoms. The number of amides is 2. The number of aromatic nitrogens is 4. The Labute approximate surface area is 186 Å². The first kappa shape index (κ1) is 20.4. The lowest BCUT2D eigenvalue weighted by Gasteiger charge is -2.31. The molecule has 2 aromatic heterocycles. The van der Waals surface area contributed by atoms with Crippen LogP contribution in [-0.2, 0) is 0 Å². The Morgan fingerprint density at radius 2 is 2.03 bits per heavy atom. The highest BCUT2D eigenvalue weighted by atomic mass is 16.2.